The van der Waals surface area contributed by atoms with Crippen molar-refractivity contribution >= 4 is 11.7 Å². The number of nitrogens with one attached hydrogen (secondary N) is 1. The van der Waals surface area contributed by atoms with Crippen molar-refractivity contribution in [2.75, 3.05) is 6.54 Å². The first-order valence-corrected chi connectivity index (χ1v) is 6.20. The third-order valence-electron chi connectivity index (χ3n) is 3.18. The second-order valence-corrected chi connectivity index (χ2v) is 4.56. The Kier molecular flexibility index (Phi) is 5.90. The number of rotatable bonds is 6. The van der Waals surface area contributed by atoms with E-state index in [1.807, 2.05) is 0 Å². The highest BCUT2D eigenvalue weighted by Crippen LogP contribution is 2.26. The standard InChI is InChI=1S/C12H22N2O2/c1-10(12(15)16)14-13-9-5-8-11-6-3-2-4-7-11/h11,13H,2-9H2,1H3,(H,15,16)/b14-10-. The summed E-state index contributed by atoms with van der Waals surface area (Å²) < 4.78 is 0. The Morgan fingerprint density at radius 3 is 2.69 bits per heavy atom. The molecule has 1 aliphatic carbocycles. The number of hydrogen-bond acceptors (Lipinski definition) is 3. The quantitative estimate of drug-likeness (QED) is 0.415. The highest BCUT2D eigenvalue weighted by Gasteiger charge is 2.12. The van der Waals surface area contributed by atoms with Crippen molar-refractivity contribution in [3.05, 3.63) is 0 Å². The van der Waals surface area contributed by atoms with Crippen LogP contribution in [0.2, 0.25) is 0 Å². The minimum absolute atomic E-state index is 0.123. The van der Waals surface area contributed by atoms with E-state index in [2.05, 4.69) is 10.5 Å². The molecule has 0 unspecified atom stereocenters. The Labute approximate surface area is 97.1 Å². The molecule has 0 bridgehead atoms. The van der Waals surface area contributed by atoms with E-state index in [1.54, 1.807) is 0 Å². The van der Waals surface area contributed by atoms with Crippen LogP contribution < -0.4 is 5.43 Å². The predicted molar refractivity (Wildman–Crippen MR) is 64.6 cm³/mol. The summed E-state index contributed by atoms with van der Waals surface area (Å²) in [6.07, 6.45) is 9.24. The van der Waals surface area contributed by atoms with E-state index in [9.17, 15) is 4.79 Å². The Hall–Kier alpha value is -1.06. The largest absolute Gasteiger partial charge is 0.477 e. The summed E-state index contributed by atoms with van der Waals surface area (Å²) in [6.45, 7) is 2.28. The number of hydrazone groups is 1. The van der Waals surface area contributed by atoms with E-state index in [4.69, 9.17) is 5.11 Å². The van der Waals surface area contributed by atoms with Gasteiger partial charge in [-0.25, -0.2) is 4.79 Å². The monoisotopic (exact) mass is 226 g/mol. The van der Waals surface area contributed by atoms with Gasteiger partial charge in [-0.3, -0.25) is 0 Å². The van der Waals surface area contributed by atoms with Gasteiger partial charge in [0.25, 0.3) is 0 Å². The van der Waals surface area contributed by atoms with E-state index in [-0.39, 0.29) is 5.71 Å². The average Bonchev–Trinajstić information content (AvgIpc) is 2.29. The zero-order valence-electron chi connectivity index (χ0n) is 10.0. The van der Waals surface area contributed by atoms with Crippen LogP contribution in [0.25, 0.3) is 0 Å². The van der Waals surface area contributed by atoms with Crippen LogP contribution in [0.15, 0.2) is 5.10 Å². The van der Waals surface area contributed by atoms with E-state index in [0.29, 0.717) is 0 Å². The fourth-order valence-electron chi connectivity index (χ4n) is 2.17. The van der Waals surface area contributed by atoms with E-state index in [1.165, 1.54) is 45.4 Å². The number of carboxylic acid groups (broad SMARTS) is 1. The number of hydrogen-bond donors (Lipinski definition) is 2. The normalized spacial score (nSPS) is 18.4. The minimum atomic E-state index is -0.959. The van der Waals surface area contributed by atoms with Crippen molar-refractivity contribution in [3.63, 3.8) is 0 Å². The summed E-state index contributed by atoms with van der Waals surface area (Å²) in [4.78, 5) is 10.4. The molecule has 1 saturated carbocycles. The van der Waals surface area contributed by atoms with Gasteiger partial charge in [-0.1, -0.05) is 32.1 Å². The van der Waals surface area contributed by atoms with Crippen molar-refractivity contribution in [2.24, 2.45) is 11.0 Å². The molecule has 0 heterocycles. The molecule has 2 N–H and O–H groups in total. The lowest BCUT2D eigenvalue weighted by Crippen LogP contribution is -2.17. The first kappa shape index (κ1) is 13.0. The van der Waals surface area contributed by atoms with Gasteiger partial charge < -0.3 is 10.5 Å². The maximum Gasteiger partial charge on any atom is 0.351 e. The molecule has 16 heavy (non-hydrogen) atoms. The molecule has 0 amide bonds. The van der Waals surface area contributed by atoms with E-state index >= 15 is 0 Å². The predicted octanol–water partition coefficient (Wildman–Crippen LogP) is 2.40. The number of carboxylic acids is 1. The molecule has 92 valence electrons. The molecule has 0 aromatic rings. The molecular formula is C12H22N2O2. The second kappa shape index (κ2) is 7.25. The molecule has 4 heteroatoms. The lowest BCUT2D eigenvalue weighted by molar-refractivity contribution is -0.129. The van der Waals surface area contributed by atoms with Crippen LogP contribution in [0.3, 0.4) is 0 Å². The molecule has 0 aromatic carbocycles. The average molecular weight is 226 g/mol. The van der Waals surface area contributed by atoms with Gasteiger partial charge in [0, 0.05) is 6.54 Å². The number of carbonyl (C=O) groups is 1. The molecule has 1 rings (SSSR count). The van der Waals surface area contributed by atoms with Crippen molar-refractivity contribution in [3.8, 4) is 0 Å². The van der Waals surface area contributed by atoms with Crippen LogP contribution in [0.1, 0.15) is 51.9 Å². The number of nitrogens with zero attached hydrogens (tertiary/aromatic N) is 1. The second-order valence-electron chi connectivity index (χ2n) is 4.56. The summed E-state index contributed by atoms with van der Waals surface area (Å²) in [7, 11) is 0. The summed E-state index contributed by atoms with van der Waals surface area (Å²) in [5.41, 5.74) is 2.94. The summed E-state index contributed by atoms with van der Waals surface area (Å²) >= 11 is 0. The lowest BCUT2D eigenvalue weighted by atomic mass is 9.86. The van der Waals surface area contributed by atoms with Crippen LogP contribution in [-0.2, 0) is 4.79 Å². The van der Waals surface area contributed by atoms with Gasteiger partial charge in [0.2, 0.25) is 0 Å². The van der Waals surface area contributed by atoms with Crippen LogP contribution in [-0.4, -0.2) is 23.3 Å². The Balaban J connectivity index is 2.03. The van der Waals surface area contributed by atoms with Crippen molar-refractivity contribution < 1.29 is 9.90 Å². The maximum atomic E-state index is 10.4. The summed E-state index contributed by atoms with van der Waals surface area (Å²) in [5, 5.41) is 12.3. The smallest absolute Gasteiger partial charge is 0.351 e. The van der Waals surface area contributed by atoms with Crippen LogP contribution in [0.4, 0.5) is 0 Å². The van der Waals surface area contributed by atoms with Crippen LogP contribution in [0, 0.1) is 5.92 Å². The van der Waals surface area contributed by atoms with Gasteiger partial charge >= 0.3 is 5.97 Å². The SMILES string of the molecule is C/C(=N/NCCCC1CCCCC1)C(=O)O. The Morgan fingerprint density at radius 2 is 2.06 bits per heavy atom. The molecule has 0 spiro atoms. The van der Waals surface area contributed by atoms with Gasteiger partial charge in [0.05, 0.1) is 0 Å². The number of aliphatic carboxylic acids is 1. The molecule has 0 aliphatic heterocycles. The molecule has 1 aliphatic rings. The van der Waals surface area contributed by atoms with Crippen molar-refractivity contribution in [2.45, 2.75) is 51.9 Å². The Morgan fingerprint density at radius 1 is 1.38 bits per heavy atom. The van der Waals surface area contributed by atoms with E-state index < -0.39 is 5.97 Å². The fraction of sp³-hybridized carbons (Fsp3) is 0.833. The van der Waals surface area contributed by atoms with Crippen LogP contribution >= 0.6 is 0 Å². The van der Waals surface area contributed by atoms with Crippen LogP contribution in [0.5, 0.6) is 0 Å². The highest BCUT2D eigenvalue weighted by atomic mass is 16.4. The third kappa shape index (κ3) is 5.14. The molecule has 0 radical (unpaired) electrons. The van der Waals surface area contributed by atoms with Gasteiger partial charge in [-0.05, 0) is 25.7 Å². The maximum absolute atomic E-state index is 10.4. The minimum Gasteiger partial charge on any atom is -0.477 e. The van der Waals surface area contributed by atoms with Gasteiger partial charge in [-0.2, -0.15) is 5.10 Å². The van der Waals surface area contributed by atoms with Gasteiger partial charge in [0.15, 0.2) is 0 Å². The van der Waals surface area contributed by atoms with Gasteiger partial charge in [0.1, 0.15) is 5.71 Å². The molecule has 0 atom stereocenters. The molecular weight excluding hydrogens is 204 g/mol. The summed E-state index contributed by atoms with van der Waals surface area (Å²) in [5.74, 6) is -0.0696. The first-order valence-electron chi connectivity index (χ1n) is 6.20. The Bertz CT molecular complexity index is 245. The topological polar surface area (TPSA) is 61.7 Å². The molecule has 1 fully saturated rings. The summed E-state index contributed by atoms with van der Waals surface area (Å²) in [6, 6.07) is 0. The highest BCUT2D eigenvalue weighted by molar-refractivity contribution is 6.34. The van der Waals surface area contributed by atoms with E-state index in [0.717, 1.165) is 18.9 Å². The first-order chi connectivity index (χ1) is 7.70. The zero-order chi connectivity index (χ0) is 11.8. The molecule has 0 aromatic heterocycles. The molecule has 0 saturated heterocycles. The molecule has 4 nitrogen and oxygen atoms in total. The van der Waals surface area contributed by atoms with Crippen molar-refractivity contribution in [1.82, 2.24) is 5.43 Å². The lowest BCUT2D eigenvalue weighted by Gasteiger charge is -2.21. The van der Waals surface area contributed by atoms with Crippen molar-refractivity contribution in [1.29, 1.82) is 0 Å². The zero-order valence-corrected chi connectivity index (χ0v) is 10.0. The fourth-order valence-corrected chi connectivity index (χ4v) is 2.17. The van der Waals surface area contributed by atoms with Gasteiger partial charge in [-0.15, -0.1) is 0 Å². The third-order valence-corrected chi connectivity index (χ3v) is 3.18.